The smallest absolute Gasteiger partial charge is 0.254 e. The molecule has 2 heterocycles. The van der Waals surface area contributed by atoms with E-state index in [1.54, 1.807) is 12.4 Å². The summed E-state index contributed by atoms with van der Waals surface area (Å²) in [7, 11) is 0. The van der Waals surface area contributed by atoms with Gasteiger partial charge >= 0.3 is 0 Å². The Balaban J connectivity index is 0.00000256. The number of hydrogen-bond donors (Lipinski definition) is 4. The van der Waals surface area contributed by atoms with Crippen LogP contribution in [0.3, 0.4) is 0 Å². The molecule has 4 rings (SSSR count). The van der Waals surface area contributed by atoms with E-state index in [0.717, 1.165) is 25.7 Å². The van der Waals surface area contributed by atoms with Crippen molar-refractivity contribution in [2.24, 2.45) is 11.5 Å². The molecule has 0 saturated heterocycles. The van der Waals surface area contributed by atoms with Gasteiger partial charge < -0.3 is 22.1 Å². The molecule has 0 spiro atoms. The number of nitrogens with zero attached hydrogens (tertiary/aromatic N) is 5. The molecule has 1 aliphatic rings. The van der Waals surface area contributed by atoms with Crippen molar-refractivity contribution in [2.45, 2.75) is 37.8 Å². The van der Waals surface area contributed by atoms with Gasteiger partial charge in [-0.15, -0.1) is 17.2 Å². The first-order valence-corrected chi connectivity index (χ1v) is 9.53. The largest absolute Gasteiger partial charge is 0.365 e. The molecular weight excluding hydrogens is 406 g/mol. The van der Waals surface area contributed by atoms with Crippen molar-refractivity contribution >= 4 is 35.8 Å². The number of hydrogen-bond acceptors (Lipinski definition) is 8. The lowest BCUT2D eigenvalue weighted by Gasteiger charge is -2.29. The fourth-order valence-electron chi connectivity index (χ4n) is 3.45. The van der Waals surface area contributed by atoms with E-state index in [1.807, 2.05) is 24.3 Å². The predicted molar refractivity (Wildman–Crippen MR) is 116 cm³/mol. The lowest BCUT2D eigenvalue weighted by Crippen LogP contribution is -2.43. The predicted octanol–water partition coefficient (Wildman–Crippen LogP) is 2.00. The second kappa shape index (κ2) is 9.51. The zero-order chi connectivity index (χ0) is 20.2. The molecular formula is C19H24ClN9O. The number of benzene rings is 1. The molecule has 0 radical (unpaired) electrons. The first kappa shape index (κ1) is 21.5. The van der Waals surface area contributed by atoms with E-state index < -0.39 is 5.91 Å². The molecule has 10 nitrogen and oxygen atoms in total. The van der Waals surface area contributed by atoms with Crippen LogP contribution in [0.2, 0.25) is 0 Å². The fraction of sp³-hybridized carbons (Fsp3) is 0.316. The Labute approximate surface area is 179 Å². The summed E-state index contributed by atoms with van der Waals surface area (Å²) in [6.45, 7) is 0. The van der Waals surface area contributed by atoms with E-state index >= 15 is 0 Å². The van der Waals surface area contributed by atoms with Crippen LogP contribution in [-0.4, -0.2) is 43.0 Å². The fourth-order valence-corrected chi connectivity index (χ4v) is 3.45. The Kier molecular flexibility index (Phi) is 6.80. The summed E-state index contributed by atoms with van der Waals surface area (Å²) in [6.07, 6.45) is 8.76. The van der Waals surface area contributed by atoms with Gasteiger partial charge in [-0.05, 0) is 25.0 Å². The van der Waals surface area contributed by atoms with Crippen LogP contribution < -0.4 is 22.1 Å². The maximum absolute atomic E-state index is 11.9. The van der Waals surface area contributed by atoms with Crippen LogP contribution in [0.25, 0.3) is 5.69 Å². The molecule has 1 aliphatic carbocycles. The molecule has 0 aliphatic heterocycles. The van der Waals surface area contributed by atoms with Gasteiger partial charge in [-0.3, -0.25) is 4.79 Å². The highest BCUT2D eigenvalue weighted by atomic mass is 35.5. The summed E-state index contributed by atoms with van der Waals surface area (Å²) < 4.78 is 0. The average Bonchev–Trinajstić information content (AvgIpc) is 3.25. The third kappa shape index (κ3) is 4.66. The van der Waals surface area contributed by atoms with Crippen LogP contribution in [-0.2, 0) is 0 Å². The maximum Gasteiger partial charge on any atom is 0.254 e. The molecule has 6 N–H and O–H groups in total. The molecule has 2 aromatic heterocycles. The van der Waals surface area contributed by atoms with Crippen LogP contribution in [0.5, 0.6) is 0 Å². The van der Waals surface area contributed by atoms with E-state index in [0.29, 0.717) is 23.1 Å². The van der Waals surface area contributed by atoms with Crippen LogP contribution in [0.15, 0.2) is 42.9 Å². The molecule has 0 unspecified atom stereocenters. The number of rotatable bonds is 6. The summed E-state index contributed by atoms with van der Waals surface area (Å²) in [5, 5.41) is 14.8. The van der Waals surface area contributed by atoms with Crippen molar-refractivity contribution in [3.05, 3.63) is 48.4 Å². The third-order valence-corrected chi connectivity index (χ3v) is 4.98. The Morgan fingerprint density at radius 2 is 1.87 bits per heavy atom. The van der Waals surface area contributed by atoms with Crippen molar-refractivity contribution in [1.29, 1.82) is 0 Å². The van der Waals surface area contributed by atoms with Crippen LogP contribution >= 0.6 is 12.4 Å². The van der Waals surface area contributed by atoms with Crippen molar-refractivity contribution in [3.8, 4) is 5.69 Å². The van der Waals surface area contributed by atoms with Gasteiger partial charge in [0.1, 0.15) is 17.1 Å². The molecule has 158 valence electrons. The van der Waals surface area contributed by atoms with Gasteiger partial charge in [-0.1, -0.05) is 25.0 Å². The first-order valence-electron chi connectivity index (χ1n) is 9.53. The zero-order valence-electron chi connectivity index (χ0n) is 16.2. The number of halogens is 1. The Morgan fingerprint density at radius 3 is 2.60 bits per heavy atom. The highest BCUT2D eigenvalue weighted by Crippen LogP contribution is 2.26. The number of primary amides is 1. The molecule has 30 heavy (non-hydrogen) atoms. The quantitative estimate of drug-likeness (QED) is 0.464. The summed E-state index contributed by atoms with van der Waals surface area (Å²) in [4.78, 5) is 22.1. The Morgan fingerprint density at radius 1 is 1.13 bits per heavy atom. The van der Waals surface area contributed by atoms with E-state index in [4.69, 9.17) is 11.5 Å². The Bertz CT molecular complexity index is 995. The van der Waals surface area contributed by atoms with Gasteiger partial charge in [0, 0.05) is 18.3 Å². The number of para-hydroxylation sites is 2. The first-order chi connectivity index (χ1) is 14.1. The molecule has 2 atom stereocenters. The monoisotopic (exact) mass is 429 g/mol. The number of carbonyl (C=O) groups excluding carboxylic acids is 1. The van der Waals surface area contributed by atoms with Gasteiger partial charge in [0.2, 0.25) is 5.95 Å². The van der Waals surface area contributed by atoms with Gasteiger partial charge in [0.05, 0.1) is 18.1 Å². The lowest BCUT2D eigenvalue weighted by atomic mass is 9.91. The number of amides is 1. The SMILES string of the molecule is Cl.NC(=O)c1cnc(N[C@@H]2CCCC[C@@H]2N)nc1Nc1ccccc1-n1nccn1. The molecule has 1 fully saturated rings. The minimum Gasteiger partial charge on any atom is -0.365 e. The molecule has 1 amide bonds. The van der Waals surface area contributed by atoms with Crippen LogP contribution in [0.4, 0.5) is 17.5 Å². The van der Waals surface area contributed by atoms with Gasteiger partial charge in [0.25, 0.3) is 5.91 Å². The molecule has 3 aromatic rings. The van der Waals surface area contributed by atoms with Crippen molar-refractivity contribution in [1.82, 2.24) is 25.0 Å². The number of carbonyl (C=O) groups is 1. The number of nitrogens with one attached hydrogen (secondary N) is 2. The third-order valence-electron chi connectivity index (χ3n) is 4.98. The van der Waals surface area contributed by atoms with Gasteiger partial charge in [0.15, 0.2) is 0 Å². The number of nitrogens with two attached hydrogens (primary N) is 2. The molecule has 1 saturated carbocycles. The summed E-state index contributed by atoms with van der Waals surface area (Å²) in [6, 6.07) is 7.57. The van der Waals surface area contributed by atoms with E-state index in [2.05, 4.69) is 30.8 Å². The van der Waals surface area contributed by atoms with Crippen molar-refractivity contribution in [3.63, 3.8) is 0 Å². The minimum absolute atomic E-state index is 0. The summed E-state index contributed by atoms with van der Waals surface area (Å²) in [5.41, 5.74) is 13.3. The van der Waals surface area contributed by atoms with E-state index in [1.165, 1.54) is 11.0 Å². The summed E-state index contributed by atoms with van der Waals surface area (Å²) in [5.74, 6) is 0.0802. The molecule has 11 heteroatoms. The van der Waals surface area contributed by atoms with Gasteiger partial charge in [-0.25, -0.2) is 4.98 Å². The highest BCUT2D eigenvalue weighted by Gasteiger charge is 2.23. The van der Waals surface area contributed by atoms with E-state index in [-0.39, 0.29) is 30.1 Å². The minimum atomic E-state index is -0.622. The second-order valence-corrected chi connectivity index (χ2v) is 6.98. The number of aromatic nitrogens is 5. The molecule has 0 bridgehead atoms. The normalized spacial score (nSPS) is 18.3. The summed E-state index contributed by atoms with van der Waals surface area (Å²) >= 11 is 0. The van der Waals surface area contributed by atoms with Crippen LogP contribution in [0.1, 0.15) is 36.0 Å². The Hall–Kier alpha value is -3.24. The van der Waals surface area contributed by atoms with Crippen molar-refractivity contribution < 1.29 is 4.79 Å². The zero-order valence-corrected chi connectivity index (χ0v) is 17.0. The van der Waals surface area contributed by atoms with E-state index in [9.17, 15) is 4.79 Å². The molecule has 1 aromatic carbocycles. The van der Waals surface area contributed by atoms with Crippen LogP contribution in [0, 0.1) is 0 Å². The number of anilines is 3. The van der Waals surface area contributed by atoms with Crippen molar-refractivity contribution in [2.75, 3.05) is 10.6 Å². The standard InChI is InChI=1S/C19H23N9O.ClH/c20-13-5-1-2-6-14(13)26-19-22-11-12(17(21)29)18(27-19)25-15-7-3-4-8-16(15)28-23-9-10-24-28;/h3-4,7-11,13-14H,1-2,5-6,20H2,(H2,21,29)(H2,22,25,26,27);1H/t13-,14+;/m0./s1. The second-order valence-electron chi connectivity index (χ2n) is 6.98. The topological polar surface area (TPSA) is 150 Å². The highest BCUT2D eigenvalue weighted by molar-refractivity contribution is 5.98. The maximum atomic E-state index is 11.9. The average molecular weight is 430 g/mol. The lowest BCUT2D eigenvalue weighted by molar-refractivity contribution is 0.100. The van der Waals surface area contributed by atoms with Gasteiger partial charge in [-0.2, -0.15) is 15.2 Å².